The minimum absolute atomic E-state index is 0.0369. The van der Waals surface area contributed by atoms with Crippen molar-refractivity contribution >= 4 is 23.2 Å². The van der Waals surface area contributed by atoms with E-state index in [0.717, 1.165) is 32.2 Å². The number of likely N-dealkylation sites (tertiary alicyclic amines) is 1. The summed E-state index contributed by atoms with van der Waals surface area (Å²) in [6.07, 6.45) is 7.91. The SMILES string of the molecule is CC(=O)Nc1ccccc1NC(=O)C1CCCCN1[C@@H]1CCCC[C@@H]1c1ccccc1. The minimum Gasteiger partial charge on any atom is -0.325 e. The lowest BCUT2D eigenvalue weighted by Gasteiger charge is -2.45. The number of hydrogen-bond acceptors (Lipinski definition) is 3. The Morgan fingerprint density at radius 1 is 0.806 bits per heavy atom. The van der Waals surface area contributed by atoms with Gasteiger partial charge in [0, 0.05) is 13.0 Å². The van der Waals surface area contributed by atoms with Crippen LogP contribution in [-0.2, 0) is 9.59 Å². The van der Waals surface area contributed by atoms with Gasteiger partial charge in [-0.1, -0.05) is 61.7 Å². The molecule has 3 atom stereocenters. The highest BCUT2D eigenvalue weighted by atomic mass is 16.2. The zero-order valence-electron chi connectivity index (χ0n) is 18.3. The number of amides is 2. The monoisotopic (exact) mass is 419 g/mol. The largest absolute Gasteiger partial charge is 0.325 e. The van der Waals surface area contributed by atoms with E-state index in [1.54, 1.807) is 0 Å². The van der Waals surface area contributed by atoms with Crippen molar-refractivity contribution in [3.8, 4) is 0 Å². The fraction of sp³-hybridized carbons (Fsp3) is 0.462. The first-order valence-corrected chi connectivity index (χ1v) is 11.6. The second-order valence-electron chi connectivity index (χ2n) is 8.83. The zero-order chi connectivity index (χ0) is 21.6. The number of carbonyl (C=O) groups is 2. The summed E-state index contributed by atoms with van der Waals surface area (Å²) in [5.41, 5.74) is 2.70. The quantitative estimate of drug-likeness (QED) is 0.703. The van der Waals surface area contributed by atoms with E-state index in [1.165, 1.54) is 31.7 Å². The Kier molecular flexibility index (Phi) is 7.03. The molecule has 2 aromatic rings. The number of para-hydroxylation sites is 2. The number of anilines is 2. The van der Waals surface area contributed by atoms with Gasteiger partial charge in [0.05, 0.1) is 17.4 Å². The van der Waals surface area contributed by atoms with Gasteiger partial charge >= 0.3 is 0 Å². The fourth-order valence-electron chi connectivity index (χ4n) is 5.34. The summed E-state index contributed by atoms with van der Waals surface area (Å²) in [6.45, 7) is 2.45. The predicted molar refractivity (Wildman–Crippen MR) is 125 cm³/mol. The third-order valence-electron chi connectivity index (χ3n) is 6.73. The Labute approximate surface area is 185 Å². The van der Waals surface area contributed by atoms with Gasteiger partial charge in [-0.05, 0) is 55.8 Å². The highest BCUT2D eigenvalue weighted by Gasteiger charge is 2.38. The molecule has 2 fully saturated rings. The van der Waals surface area contributed by atoms with Crippen LogP contribution < -0.4 is 10.6 Å². The van der Waals surface area contributed by atoms with Crippen molar-refractivity contribution in [2.45, 2.75) is 69.9 Å². The lowest BCUT2D eigenvalue weighted by Crippen LogP contribution is -2.54. The highest BCUT2D eigenvalue weighted by Crippen LogP contribution is 2.39. The van der Waals surface area contributed by atoms with Crippen molar-refractivity contribution in [2.24, 2.45) is 0 Å². The summed E-state index contributed by atoms with van der Waals surface area (Å²) < 4.78 is 0. The van der Waals surface area contributed by atoms with Gasteiger partial charge in [0.2, 0.25) is 11.8 Å². The summed E-state index contributed by atoms with van der Waals surface area (Å²) in [6, 6.07) is 18.5. The molecule has 0 bridgehead atoms. The van der Waals surface area contributed by atoms with E-state index in [0.29, 0.717) is 23.3 Å². The smallest absolute Gasteiger partial charge is 0.241 e. The van der Waals surface area contributed by atoms with Gasteiger partial charge in [0.25, 0.3) is 0 Å². The third-order valence-corrected chi connectivity index (χ3v) is 6.73. The maximum absolute atomic E-state index is 13.4. The Balaban J connectivity index is 1.54. The van der Waals surface area contributed by atoms with Crippen molar-refractivity contribution in [3.63, 3.8) is 0 Å². The average Bonchev–Trinajstić information content (AvgIpc) is 2.80. The number of nitrogens with zero attached hydrogens (tertiary/aromatic N) is 1. The van der Waals surface area contributed by atoms with Gasteiger partial charge in [-0.2, -0.15) is 0 Å². The third kappa shape index (κ3) is 5.16. The maximum Gasteiger partial charge on any atom is 0.241 e. The van der Waals surface area contributed by atoms with E-state index in [1.807, 2.05) is 24.3 Å². The molecule has 1 saturated carbocycles. The Bertz CT molecular complexity index is 899. The Morgan fingerprint density at radius 2 is 1.45 bits per heavy atom. The van der Waals surface area contributed by atoms with Crippen molar-refractivity contribution < 1.29 is 9.59 Å². The molecular formula is C26H33N3O2. The van der Waals surface area contributed by atoms with E-state index in [2.05, 4.69) is 45.9 Å². The standard InChI is InChI=1S/C26H33N3O2/c1-19(30)27-22-14-6-7-15-23(22)28-26(31)25-17-9-10-18-29(25)24-16-8-5-13-21(24)20-11-3-2-4-12-20/h2-4,6-7,11-12,14-15,21,24-25H,5,8-10,13,16-18H2,1H3,(H,27,30)(H,28,31)/t21-,24-,25?/m1/s1. The van der Waals surface area contributed by atoms with Crippen LogP contribution in [0.1, 0.15) is 63.4 Å². The number of carbonyl (C=O) groups excluding carboxylic acids is 2. The Hall–Kier alpha value is -2.66. The molecule has 164 valence electrons. The second-order valence-corrected chi connectivity index (χ2v) is 8.83. The van der Waals surface area contributed by atoms with Crippen molar-refractivity contribution in [2.75, 3.05) is 17.2 Å². The second kappa shape index (κ2) is 10.1. The molecule has 0 spiro atoms. The molecule has 2 aromatic carbocycles. The molecule has 1 heterocycles. The van der Waals surface area contributed by atoms with Crippen LogP contribution in [0.4, 0.5) is 11.4 Å². The molecular weight excluding hydrogens is 386 g/mol. The normalized spacial score (nSPS) is 24.4. The van der Waals surface area contributed by atoms with Crippen molar-refractivity contribution in [1.82, 2.24) is 4.90 Å². The van der Waals surface area contributed by atoms with Gasteiger partial charge in [-0.25, -0.2) is 0 Å². The van der Waals surface area contributed by atoms with Crippen molar-refractivity contribution in [3.05, 3.63) is 60.2 Å². The molecule has 1 aliphatic heterocycles. The first-order valence-electron chi connectivity index (χ1n) is 11.6. The van der Waals surface area contributed by atoms with Crippen LogP contribution in [0.3, 0.4) is 0 Å². The molecule has 0 radical (unpaired) electrons. The first-order chi connectivity index (χ1) is 15.1. The molecule has 2 amide bonds. The minimum atomic E-state index is -0.145. The molecule has 31 heavy (non-hydrogen) atoms. The van der Waals surface area contributed by atoms with E-state index >= 15 is 0 Å². The number of benzene rings is 2. The molecule has 1 saturated heterocycles. The van der Waals surface area contributed by atoms with E-state index < -0.39 is 0 Å². The maximum atomic E-state index is 13.4. The van der Waals surface area contributed by atoms with E-state index in [-0.39, 0.29) is 17.9 Å². The summed E-state index contributed by atoms with van der Waals surface area (Å²) >= 11 is 0. The molecule has 1 unspecified atom stereocenters. The van der Waals surface area contributed by atoms with E-state index in [4.69, 9.17) is 0 Å². The number of hydrogen-bond donors (Lipinski definition) is 2. The van der Waals surface area contributed by atoms with Crippen molar-refractivity contribution in [1.29, 1.82) is 0 Å². The lowest BCUT2D eigenvalue weighted by atomic mass is 9.78. The van der Waals surface area contributed by atoms with Gasteiger partial charge in [-0.3, -0.25) is 14.5 Å². The summed E-state index contributed by atoms with van der Waals surface area (Å²) in [5.74, 6) is 0.374. The molecule has 4 rings (SSSR count). The number of piperidine rings is 1. The van der Waals surface area contributed by atoms with Crippen LogP contribution in [0.15, 0.2) is 54.6 Å². The molecule has 5 heteroatoms. The van der Waals surface area contributed by atoms with Crippen LogP contribution >= 0.6 is 0 Å². The van der Waals surface area contributed by atoms with Crippen LogP contribution in [0.25, 0.3) is 0 Å². The molecule has 1 aliphatic carbocycles. The van der Waals surface area contributed by atoms with Gasteiger partial charge < -0.3 is 10.6 Å². The number of nitrogens with one attached hydrogen (secondary N) is 2. The van der Waals surface area contributed by atoms with Crippen LogP contribution in [0.2, 0.25) is 0 Å². The topological polar surface area (TPSA) is 61.4 Å². The highest BCUT2D eigenvalue weighted by molar-refractivity contribution is 6.00. The average molecular weight is 420 g/mol. The van der Waals surface area contributed by atoms with Crippen LogP contribution in [0, 0.1) is 0 Å². The van der Waals surface area contributed by atoms with Crippen LogP contribution in [-0.4, -0.2) is 35.3 Å². The molecule has 2 N–H and O–H groups in total. The van der Waals surface area contributed by atoms with E-state index in [9.17, 15) is 9.59 Å². The fourth-order valence-corrected chi connectivity index (χ4v) is 5.34. The summed E-state index contributed by atoms with van der Waals surface area (Å²) in [4.78, 5) is 27.5. The number of rotatable bonds is 5. The Morgan fingerprint density at radius 3 is 2.19 bits per heavy atom. The predicted octanol–water partition coefficient (Wildman–Crippen LogP) is 5.16. The molecule has 2 aliphatic rings. The van der Waals surface area contributed by atoms with Gasteiger partial charge in [0.15, 0.2) is 0 Å². The van der Waals surface area contributed by atoms with Gasteiger partial charge in [-0.15, -0.1) is 0 Å². The zero-order valence-corrected chi connectivity index (χ0v) is 18.3. The summed E-state index contributed by atoms with van der Waals surface area (Å²) in [5, 5.41) is 5.93. The molecule has 0 aromatic heterocycles. The first kappa shape index (κ1) is 21.6. The van der Waals surface area contributed by atoms with Gasteiger partial charge in [0.1, 0.15) is 0 Å². The summed E-state index contributed by atoms with van der Waals surface area (Å²) in [7, 11) is 0. The molecule has 5 nitrogen and oxygen atoms in total. The van der Waals surface area contributed by atoms with Crippen LogP contribution in [0.5, 0.6) is 0 Å². The lowest BCUT2D eigenvalue weighted by molar-refractivity contribution is -0.124.